The van der Waals surface area contributed by atoms with Gasteiger partial charge in [0, 0.05) is 18.3 Å². The maximum Gasteiger partial charge on any atom is 0.245 e. The van der Waals surface area contributed by atoms with E-state index in [0.717, 1.165) is 36.9 Å². The second kappa shape index (κ2) is 6.02. The van der Waals surface area contributed by atoms with E-state index in [1.165, 1.54) is 12.8 Å². The summed E-state index contributed by atoms with van der Waals surface area (Å²) >= 11 is 0. The number of rotatable bonds is 4. The first kappa shape index (κ1) is 14.3. The molecule has 0 radical (unpaired) electrons. The third-order valence-electron chi connectivity index (χ3n) is 4.27. The van der Waals surface area contributed by atoms with Gasteiger partial charge in [-0.15, -0.1) is 5.10 Å². The molecule has 1 aliphatic rings. The lowest BCUT2D eigenvalue weighted by molar-refractivity contribution is 0.369. The van der Waals surface area contributed by atoms with E-state index in [9.17, 15) is 0 Å². The maximum atomic E-state index is 4.72. The van der Waals surface area contributed by atoms with Gasteiger partial charge in [0.2, 0.25) is 5.95 Å². The van der Waals surface area contributed by atoms with Gasteiger partial charge in [-0.05, 0) is 64.8 Å². The Bertz CT molecular complexity index is 598. The molecule has 3 rings (SSSR count). The monoisotopic (exact) mass is 287 g/mol. The van der Waals surface area contributed by atoms with E-state index < -0.39 is 0 Å². The van der Waals surface area contributed by atoms with Crippen molar-refractivity contribution >= 4 is 11.6 Å². The Morgan fingerprint density at radius 1 is 1.43 bits per heavy atom. The number of hydrogen-bond donors (Lipinski definition) is 1. The van der Waals surface area contributed by atoms with E-state index in [-0.39, 0.29) is 0 Å². The minimum atomic E-state index is 0.407. The van der Waals surface area contributed by atoms with Crippen LogP contribution in [0.2, 0.25) is 0 Å². The van der Waals surface area contributed by atoms with Crippen molar-refractivity contribution in [2.45, 2.75) is 39.7 Å². The van der Waals surface area contributed by atoms with E-state index in [1.54, 1.807) is 0 Å². The fourth-order valence-electron chi connectivity index (χ4n) is 3.03. The summed E-state index contributed by atoms with van der Waals surface area (Å²) in [6.07, 6.45) is 2.57. The molecule has 0 aromatic carbocycles. The van der Waals surface area contributed by atoms with Crippen molar-refractivity contribution in [3.63, 3.8) is 0 Å². The Hall–Kier alpha value is -1.62. The molecule has 0 saturated carbocycles. The maximum absolute atomic E-state index is 4.72. The predicted molar refractivity (Wildman–Crippen MR) is 85.8 cm³/mol. The van der Waals surface area contributed by atoms with Gasteiger partial charge >= 0.3 is 0 Å². The second-order valence-corrected chi connectivity index (χ2v) is 6.31. The Balaban J connectivity index is 1.86. The summed E-state index contributed by atoms with van der Waals surface area (Å²) in [4.78, 5) is 7.06. The molecule has 21 heavy (non-hydrogen) atoms. The number of nitrogens with one attached hydrogen (secondary N) is 1. The summed E-state index contributed by atoms with van der Waals surface area (Å²) in [5.41, 5.74) is 2.05. The SMILES string of the molecule is Cc1cccc2nc(N(CC3CCCNC3)C(C)C)nn12. The highest BCUT2D eigenvalue weighted by Crippen LogP contribution is 2.19. The minimum Gasteiger partial charge on any atom is -0.337 e. The largest absolute Gasteiger partial charge is 0.337 e. The van der Waals surface area contributed by atoms with Crippen LogP contribution in [0.5, 0.6) is 0 Å². The summed E-state index contributed by atoms with van der Waals surface area (Å²) in [6, 6.07) is 6.53. The lowest BCUT2D eigenvalue weighted by Crippen LogP contribution is -2.41. The van der Waals surface area contributed by atoms with Gasteiger partial charge in [-0.25, -0.2) is 4.52 Å². The Morgan fingerprint density at radius 3 is 2.95 bits per heavy atom. The van der Waals surface area contributed by atoms with Crippen LogP contribution < -0.4 is 10.2 Å². The zero-order chi connectivity index (χ0) is 14.8. The van der Waals surface area contributed by atoms with Crippen LogP contribution in [0.15, 0.2) is 18.2 Å². The number of hydrogen-bond acceptors (Lipinski definition) is 4. The summed E-state index contributed by atoms with van der Waals surface area (Å²) in [6.45, 7) is 9.79. The molecule has 0 amide bonds. The molecular formula is C16H25N5. The highest BCUT2D eigenvalue weighted by molar-refractivity contribution is 5.46. The van der Waals surface area contributed by atoms with E-state index in [2.05, 4.69) is 37.1 Å². The first-order valence-corrected chi connectivity index (χ1v) is 7.95. The average Bonchev–Trinajstić information content (AvgIpc) is 2.91. The molecule has 1 saturated heterocycles. The Morgan fingerprint density at radius 2 is 2.29 bits per heavy atom. The van der Waals surface area contributed by atoms with Gasteiger partial charge < -0.3 is 10.2 Å². The number of anilines is 1. The van der Waals surface area contributed by atoms with Crippen LogP contribution in [-0.2, 0) is 0 Å². The predicted octanol–water partition coefficient (Wildman–Crippen LogP) is 2.25. The molecular weight excluding hydrogens is 262 g/mol. The number of pyridine rings is 1. The molecule has 1 N–H and O–H groups in total. The molecule has 0 spiro atoms. The first-order valence-electron chi connectivity index (χ1n) is 7.95. The standard InChI is InChI=1S/C16H25N5/c1-12(2)20(11-14-7-5-9-17-10-14)16-18-15-8-4-6-13(3)21(15)19-16/h4,6,8,12,14,17H,5,7,9-11H2,1-3H3. The summed E-state index contributed by atoms with van der Waals surface area (Å²) in [5, 5.41) is 8.20. The molecule has 0 bridgehead atoms. The van der Waals surface area contributed by atoms with Crippen molar-refractivity contribution in [2.75, 3.05) is 24.5 Å². The zero-order valence-corrected chi connectivity index (χ0v) is 13.2. The van der Waals surface area contributed by atoms with Crippen molar-refractivity contribution in [3.05, 3.63) is 23.9 Å². The second-order valence-electron chi connectivity index (χ2n) is 6.31. The van der Waals surface area contributed by atoms with Crippen LogP contribution in [0.4, 0.5) is 5.95 Å². The van der Waals surface area contributed by atoms with Crippen molar-refractivity contribution in [1.82, 2.24) is 19.9 Å². The Kier molecular flexibility index (Phi) is 4.10. The summed E-state index contributed by atoms with van der Waals surface area (Å²) in [7, 11) is 0. The third kappa shape index (κ3) is 3.02. The Labute approximate surface area is 126 Å². The molecule has 3 heterocycles. The van der Waals surface area contributed by atoms with E-state index >= 15 is 0 Å². The number of aromatic nitrogens is 3. The van der Waals surface area contributed by atoms with Gasteiger partial charge in [-0.2, -0.15) is 4.98 Å². The third-order valence-corrected chi connectivity index (χ3v) is 4.27. The molecule has 2 aromatic heterocycles. The average molecular weight is 287 g/mol. The van der Waals surface area contributed by atoms with Crippen LogP contribution in [-0.4, -0.2) is 40.3 Å². The first-order chi connectivity index (χ1) is 10.1. The molecule has 5 heteroatoms. The molecule has 1 aliphatic heterocycles. The summed E-state index contributed by atoms with van der Waals surface area (Å²) in [5.74, 6) is 1.54. The van der Waals surface area contributed by atoms with Crippen molar-refractivity contribution in [3.8, 4) is 0 Å². The van der Waals surface area contributed by atoms with Crippen LogP contribution in [0, 0.1) is 12.8 Å². The molecule has 1 fully saturated rings. The van der Waals surface area contributed by atoms with Gasteiger partial charge in [0.15, 0.2) is 5.65 Å². The highest BCUT2D eigenvalue weighted by Gasteiger charge is 2.22. The van der Waals surface area contributed by atoms with Crippen LogP contribution in [0.1, 0.15) is 32.4 Å². The quantitative estimate of drug-likeness (QED) is 0.937. The number of piperidine rings is 1. The summed E-state index contributed by atoms with van der Waals surface area (Å²) < 4.78 is 1.93. The lowest BCUT2D eigenvalue weighted by atomic mass is 9.99. The molecule has 2 aromatic rings. The fraction of sp³-hybridized carbons (Fsp3) is 0.625. The normalized spacial score (nSPS) is 19.3. The van der Waals surface area contributed by atoms with Crippen molar-refractivity contribution in [2.24, 2.45) is 5.92 Å². The fourth-order valence-corrected chi connectivity index (χ4v) is 3.03. The van der Waals surface area contributed by atoms with Crippen molar-refractivity contribution in [1.29, 1.82) is 0 Å². The van der Waals surface area contributed by atoms with E-state index in [1.807, 2.05) is 16.6 Å². The zero-order valence-electron chi connectivity index (χ0n) is 13.2. The molecule has 1 unspecified atom stereocenters. The van der Waals surface area contributed by atoms with E-state index in [0.29, 0.717) is 12.0 Å². The number of nitrogens with zero attached hydrogens (tertiary/aromatic N) is 4. The van der Waals surface area contributed by atoms with E-state index in [4.69, 9.17) is 10.1 Å². The van der Waals surface area contributed by atoms with Crippen molar-refractivity contribution < 1.29 is 0 Å². The molecule has 114 valence electrons. The smallest absolute Gasteiger partial charge is 0.245 e. The number of fused-ring (bicyclic) bond motifs is 1. The number of aryl methyl sites for hydroxylation is 1. The molecule has 1 atom stereocenters. The van der Waals surface area contributed by atoms with Gasteiger partial charge in [0.25, 0.3) is 0 Å². The van der Waals surface area contributed by atoms with Gasteiger partial charge in [-0.1, -0.05) is 6.07 Å². The molecule has 5 nitrogen and oxygen atoms in total. The van der Waals surface area contributed by atoms with Gasteiger partial charge in [-0.3, -0.25) is 0 Å². The van der Waals surface area contributed by atoms with Crippen LogP contribution >= 0.6 is 0 Å². The van der Waals surface area contributed by atoms with Crippen LogP contribution in [0.25, 0.3) is 5.65 Å². The highest BCUT2D eigenvalue weighted by atomic mass is 15.4. The minimum absolute atomic E-state index is 0.407. The molecule has 0 aliphatic carbocycles. The van der Waals surface area contributed by atoms with Gasteiger partial charge in [0.1, 0.15) is 0 Å². The topological polar surface area (TPSA) is 45.5 Å². The van der Waals surface area contributed by atoms with Gasteiger partial charge in [0.05, 0.1) is 0 Å². The lowest BCUT2D eigenvalue weighted by Gasteiger charge is -2.32. The van der Waals surface area contributed by atoms with Crippen LogP contribution in [0.3, 0.4) is 0 Å².